The molecule has 3 unspecified atom stereocenters. The van der Waals surface area contributed by atoms with Gasteiger partial charge in [0.1, 0.15) is 5.78 Å². The van der Waals surface area contributed by atoms with Crippen molar-refractivity contribution in [2.75, 3.05) is 20.7 Å². The van der Waals surface area contributed by atoms with Crippen LogP contribution >= 0.6 is 12.6 Å². The molecule has 0 spiro atoms. The van der Waals surface area contributed by atoms with Gasteiger partial charge in [-0.25, -0.2) is 0 Å². The highest BCUT2D eigenvalue weighted by atomic mass is 32.1. The van der Waals surface area contributed by atoms with Gasteiger partial charge in [-0.1, -0.05) is 13.3 Å². The Kier molecular flexibility index (Phi) is 12.5. The van der Waals surface area contributed by atoms with E-state index in [0.29, 0.717) is 30.5 Å². The van der Waals surface area contributed by atoms with Gasteiger partial charge in [0.2, 0.25) is 0 Å². The highest BCUT2D eigenvalue weighted by Crippen LogP contribution is 2.20. The first-order valence-corrected chi connectivity index (χ1v) is 12.0. The van der Waals surface area contributed by atoms with Gasteiger partial charge in [0.15, 0.2) is 0 Å². The molecule has 0 aromatic carbocycles. The molecule has 0 aliphatic rings. The minimum Gasteiger partial charge on any atom is -0.395 e. The van der Waals surface area contributed by atoms with Crippen molar-refractivity contribution in [2.24, 2.45) is 0 Å². The molecule has 0 aromatic heterocycles. The van der Waals surface area contributed by atoms with Crippen LogP contribution in [0.1, 0.15) is 59.3 Å². The first-order valence-electron chi connectivity index (χ1n) is 8.92. The lowest BCUT2D eigenvalue weighted by atomic mass is 10.1. The molecular formula is C17H37NO3SSi. The van der Waals surface area contributed by atoms with E-state index in [0.717, 1.165) is 31.7 Å². The van der Waals surface area contributed by atoms with E-state index in [1.165, 1.54) is 0 Å². The second kappa shape index (κ2) is 12.5. The van der Waals surface area contributed by atoms with Gasteiger partial charge in [0.25, 0.3) is 0 Å². The smallest absolute Gasteiger partial charge is 0.336 e. The summed E-state index contributed by atoms with van der Waals surface area (Å²) in [5, 5.41) is 0.431. The fourth-order valence-electron chi connectivity index (χ4n) is 2.44. The van der Waals surface area contributed by atoms with Crippen molar-refractivity contribution in [3.05, 3.63) is 0 Å². The molecule has 0 amide bonds. The van der Waals surface area contributed by atoms with Crippen LogP contribution in [0.15, 0.2) is 0 Å². The number of rotatable bonds is 14. The molecular weight excluding hydrogens is 326 g/mol. The number of ketones is 1. The van der Waals surface area contributed by atoms with Crippen molar-refractivity contribution >= 4 is 27.0 Å². The van der Waals surface area contributed by atoms with Crippen molar-refractivity contribution in [3.8, 4) is 0 Å². The van der Waals surface area contributed by atoms with E-state index < -0.39 is 8.56 Å². The maximum Gasteiger partial charge on any atom is 0.336 e. The van der Waals surface area contributed by atoms with E-state index in [1.807, 2.05) is 32.8 Å². The standard InChI is InChI=1S/C17H37NO3SSi/c1-7-10-17(22)12-9-11-16(19)13-14-23(6,20-8-2)21-15(3)18(4)5/h15,17,22H,7-14H2,1-6H3. The minimum atomic E-state index is -2.29. The van der Waals surface area contributed by atoms with Crippen molar-refractivity contribution < 1.29 is 13.6 Å². The summed E-state index contributed by atoms with van der Waals surface area (Å²) >= 11 is 4.55. The first kappa shape index (κ1) is 23.1. The van der Waals surface area contributed by atoms with E-state index in [9.17, 15) is 4.79 Å². The molecule has 3 atom stereocenters. The zero-order valence-corrected chi connectivity index (χ0v) is 17.8. The van der Waals surface area contributed by atoms with Gasteiger partial charge in [-0.05, 0) is 59.8 Å². The predicted molar refractivity (Wildman–Crippen MR) is 103 cm³/mol. The third-order valence-electron chi connectivity index (χ3n) is 4.07. The maximum atomic E-state index is 12.1. The van der Waals surface area contributed by atoms with Crippen molar-refractivity contribution in [1.82, 2.24) is 4.90 Å². The van der Waals surface area contributed by atoms with Crippen LogP contribution in [0.2, 0.25) is 12.6 Å². The Hall–Kier alpha value is 0.117. The van der Waals surface area contributed by atoms with Crippen molar-refractivity contribution in [3.63, 3.8) is 0 Å². The molecule has 0 N–H and O–H groups in total. The van der Waals surface area contributed by atoms with Gasteiger partial charge in [0, 0.05) is 24.7 Å². The summed E-state index contributed by atoms with van der Waals surface area (Å²) in [4.78, 5) is 14.1. The molecule has 0 aliphatic carbocycles. The summed E-state index contributed by atoms with van der Waals surface area (Å²) in [5.74, 6) is 0.321. The third-order valence-corrected chi connectivity index (χ3v) is 7.48. The Morgan fingerprint density at radius 1 is 1.22 bits per heavy atom. The number of Topliss-reactive ketones (excluding diaryl/α,β-unsaturated/α-hetero) is 1. The molecule has 0 bridgehead atoms. The number of nitrogens with zero attached hydrogens (tertiary/aromatic N) is 1. The summed E-state index contributed by atoms with van der Waals surface area (Å²) in [6.45, 7) is 8.87. The Morgan fingerprint density at radius 3 is 2.39 bits per heavy atom. The molecule has 0 saturated carbocycles. The highest BCUT2D eigenvalue weighted by Gasteiger charge is 2.34. The van der Waals surface area contributed by atoms with Gasteiger partial charge in [-0.3, -0.25) is 9.69 Å². The fraction of sp³-hybridized carbons (Fsp3) is 0.941. The van der Waals surface area contributed by atoms with Crippen molar-refractivity contribution in [1.29, 1.82) is 0 Å². The van der Waals surface area contributed by atoms with Crippen LogP contribution in [0.25, 0.3) is 0 Å². The van der Waals surface area contributed by atoms with E-state index in [1.54, 1.807) is 0 Å². The Morgan fingerprint density at radius 2 is 1.87 bits per heavy atom. The predicted octanol–water partition coefficient (Wildman–Crippen LogP) is 4.25. The zero-order chi connectivity index (χ0) is 17.9. The first-order chi connectivity index (χ1) is 10.7. The zero-order valence-electron chi connectivity index (χ0n) is 15.9. The van der Waals surface area contributed by atoms with Crippen LogP contribution < -0.4 is 0 Å². The molecule has 0 radical (unpaired) electrons. The van der Waals surface area contributed by atoms with E-state index in [-0.39, 0.29) is 6.23 Å². The van der Waals surface area contributed by atoms with E-state index in [4.69, 9.17) is 8.85 Å². The van der Waals surface area contributed by atoms with E-state index in [2.05, 4.69) is 26.1 Å². The molecule has 0 rings (SSSR count). The lowest BCUT2D eigenvalue weighted by Crippen LogP contribution is -2.45. The average Bonchev–Trinajstić information content (AvgIpc) is 2.45. The van der Waals surface area contributed by atoms with Gasteiger partial charge < -0.3 is 8.85 Å². The van der Waals surface area contributed by atoms with Crippen LogP contribution in [-0.2, 0) is 13.6 Å². The number of thiol groups is 1. The second-order valence-electron chi connectivity index (χ2n) is 6.62. The molecule has 0 fully saturated rings. The van der Waals surface area contributed by atoms with E-state index >= 15 is 0 Å². The molecule has 4 nitrogen and oxygen atoms in total. The summed E-state index contributed by atoms with van der Waals surface area (Å²) in [5.41, 5.74) is 0. The molecule has 6 heteroatoms. The lowest BCUT2D eigenvalue weighted by Gasteiger charge is -2.32. The Labute approximate surface area is 150 Å². The molecule has 0 aromatic rings. The van der Waals surface area contributed by atoms with Gasteiger partial charge in [-0.15, -0.1) is 0 Å². The summed E-state index contributed by atoms with van der Waals surface area (Å²) in [7, 11) is 1.68. The molecule has 23 heavy (non-hydrogen) atoms. The van der Waals surface area contributed by atoms with Crippen LogP contribution in [0.3, 0.4) is 0 Å². The number of carbonyl (C=O) groups is 1. The lowest BCUT2D eigenvalue weighted by molar-refractivity contribution is -0.119. The van der Waals surface area contributed by atoms with Gasteiger partial charge in [0.05, 0.1) is 6.23 Å². The molecule has 0 heterocycles. The van der Waals surface area contributed by atoms with Crippen LogP contribution in [0, 0.1) is 0 Å². The maximum absolute atomic E-state index is 12.1. The minimum absolute atomic E-state index is 0.00676. The number of hydrogen-bond donors (Lipinski definition) is 1. The van der Waals surface area contributed by atoms with Crippen LogP contribution in [-0.4, -0.2) is 51.4 Å². The highest BCUT2D eigenvalue weighted by molar-refractivity contribution is 7.80. The summed E-state index contributed by atoms with van der Waals surface area (Å²) in [6, 6.07) is 0.733. The fourth-order valence-corrected chi connectivity index (χ4v) is 5.49. The summed E-state index contributed by atoms with van der Waals surface area (Å²) in [6.07, 6.45) is 5.47. The third kappa shape index (κ3) is 11.3. The van der Waals surface area contributed by atoms with Crippen LogP contribution in [0.5, 0.6) is 0 Å². The normalized spacial score (nSPS) is 17.0. The monoisotopic (exact) mass is 363 g/mol. The van der Waals surface area contributed by atoms with Gasteiger partial charge in [-0.2, -0.15) is 12.6 Å². The SMILES string of the molecule is CCCC(S)CCCC(=O)CC[Si](C)(OCC)OC(C)N(C)C. The Bertz CT molecular complexity index is 331. The average molecular weight is 364 g/mol. The van der Waals surface area contributed by atoms with Gasteiger partial charge >= 0.3 is 8.56 Å². The number of carbonyl (C=O) groups excluding carboxylic acids is 1. The van der Waals surface area contributed by atoms with Crippen molar-refractivity contribution in [2.45, 2.75) is 83.4 Å². The molecule has 0 saturated heterocycles. The molecule has 0 aliphatic heterocycles. The van der Waals surface area contributed by atoms with Crippen LogP contribution in [0.4, 0.5) is 0 Å². The topological polar surface area (TPSA) is 38.8 Å². The Balaban J connectivity index is 4.21. The summed E-state index contributed by atoms with van der Waals surface area (Å²) < 4.78 is 12.0. The largest absolute Gasteiger partial charge is 0.395 e. The quantitative estimate of drug-likeness (QED) is 0.284. The second-order valence-corrected chi connectivity index (χ2v) is 10.6. The number of hydrogen-bond acceptors (Lipinski definition) is 5. The molecule has 138 valence electrons.